The molecule has 1 unspecified atom stereocenters. The lowest BCUT2D eigenvalue weighted by Crippen LogP contribution is -2.39. The van der Waals surface area contributed by atoms with Crippen molar-refractivity contribution in [2.75, 3.05) is 20.1 Å². The fraction of sp³-hybridized carbons (Fsp3) is 0.667. The van der Waals surface area contributed by atoms with Crippen molar-refractivity contribution in [1.29, 1.82) is 0 Å². The normalized spacial score (nSPS) is 21.7. The highest BCUT2D eigenvalue weighted by Crippen LogP contribution is 2.34. The van der Waals surface area contributed by atoms with E-state index in [1.54, 1.807) is 10.4 Å². The average Bonchev–Trinajstić information content (AvgIpc) is 2.71. The molecule has 0 amide bonds. The predicted molar refractivity (Wildman–Crippen MR) is 81.9 cm³/mol. The second kappa shape index (κ2) is 6.22. The Kier molecular flexibility index (Phi) is 5.05. The average molecular weight is 367 g/mol. The Morgan fingerprint density at radius 3 is 2.95 bits per heavy atom. The van der Waals surface area contributed by atoms with E-state index in [2.05, 4.69) is 28.2 Å². The number of nitrogens with zero attached hydrogens (tertiary/aromatic N) is 1. The molecule has 1 saturated heterocycles. The van der Waals surface area contributed by atoms with Crippen LogP contribution in [0.2, 0.25) is 0 Å². The molecule has 2 rings (SSSR count). The Balaban J connectivity index is 2.28. The summed E-state index contributed by atoms with van der Waals surface area (Å²) < 4.78 is 27.6. The number of piperidine rings is 1. The summed E-state index contributed by atoms with van der Waals surface area (Å²) in [6.45, 7) is 4.06. The standard InChI is InChI=1S/C12H19BrN2O2S2/c1-9-4-3-5-15(8-9)19(16,17)11-6-10(7-14-2)18-12(11)13/h6,9,14H,3-5,7-8H2,1-2H3. The number of thiophene rings is 1. The van der Waals surface area contributed by atoms with Crippen molar-refractivity contribution in [3.63, 3.8) is 0 Å². The molecule has 1 aliphatic heterocycles. The van der Waals surface area contributed by atoms with Crippen molar-refractivity contribution in [2.45, 2.75) is 31.2 Å². The molecule has 19 heavy (non-hydrogen) atoms. The van der Waals surface area contributed by atoms with Gasteiger partial charge in [-0.15, -0.1) is 11.3 Å². The van der Waals surface area contributed by atoms with Crippen molar-refractivity contribution in [1.82, 2.24) is 9.62 Å². The quantitative estimate of drug-likeness (QED) is 0.890. The van der Waals surface area contributed by atoms with Gasteiger partial charge < -0.3 is 5.32 Å². The molecule has 1 aliphatic rings. The summed E-state index contributed by atoms with van der Waals surface area (Å²) in [6, 6.07) is 1.78. The summed E-state index contributed by atoms with van der Waals surface area (Å²) in [4.78, 5) is 1.44. The number of sulfonamides is 1. The summed E-state index contributed by atoms with van der Waals surface area (Å²) in [7, 11) is -1.50. The summed E-state index contributed by atoms with van der Waals surface area (Å²) >= 11 is 4.87. The van der Waals surface area contributed by atoms with E-state index < -0.39 is 10.0 Å². The van der Waals surface area contributed by atoms with Gasteiger partial charge in [0.05, 0.1) is 3.79 Å². The lowest BCUT2D eigenvalue weighted by atomic mass is 10.0. The fourth-order valence-electron chi connectivity index (χ4n) is 2.34. The maximum atomic E-state index is 12.7. The van der Waals surface area contributed by atoms with Gasteiger partial charge in [-0.1, -0.05) is 6.92 Å². The molecule has 0 bridgehead atoms. The van der Waals surface area contributed by atoms with Crippen LogP contribution >= 0.6 is 27.3 Å². The molecule has 1 N–H and O–H groups in total. The van der Waals surface area contributed by atoms with Crippen molar-refractivity contribution in [3.05, 3.63) is 14.7 Å². The fourth-order valence-corrected chi connectivity index (χ4v) is 6.58. The topological polar surface area (TPSA) is 49.4 Å². The van der Waals surface area contributed by atoms with Crippen molar-refractivity contribution in [2.24, 2.45) is 5.92 Å². The highest BCUT2D eigenvalue weighted by atomic mass is 79.9. The first-order valence-electron chi connectivity index (χ1n) is 6.38. The first-order chi connectivity index (χ1) is 8.95. The monoisotopic (exact) mass is 366 g/mol. The molecule has 0 aromatic carbocycles. The van der Waals surface area contributed by atoms with Gasteiger partial charge in [-0.05, 0) is 47.8 Å². The van der Waals surface area contributed by atoms with E-state index >= 15 is 0 Å². The van der Waals surface area contributed by atoms with Crippen LogP contribution in [0.1, 0.15) is 24.6 Å². The zero-order chi connectivity index (χ0) is 14.0. The van der Waals surface area contributed by atoms with E-state index in [0.717, 1.165) is 17.7 Å². The zero-order valence-corrected chi connectivity index (χ0v) is 14.4. The van der Waals surface area contributed by atoms with E-state index in [-0.39, 0.29) is 0 Å². The molecule has 108 valence electrons. The molecule has 7 heteroatoms. The Bertz CT molecular complexity index is 542. The highest BCUT2D eigenvalue weighted by Gasteiger charge is 2.31. The Hall–Kier alpha value is 0.0500. The van der Waals surface area contributed by atoms with Gasteiger partial charge in [0, 0.05) is 24.5 Å². The van der Waals surface area contributed by atoms with Crippen molar-refractivity contribution in [3.8, 4) is 0 Å². The lowest BCUT2D eigenvalue weighted by Gasteiger charge is -2.29. The van der Waals surface area contributed by atoms with Crippen LogP contribution in [0.3, 0.4) is 0 Å². The van der Waals surface area contributed by atoms with Crippen LogP contribution in [0.25, 0.3) is 0 Å². The van der Waals surface area contributed by atoms with Gasteiger partial charge in [-0.3, -0.25) is 0 Å². The first-order valence-corrected chi connectivity index (χ1v) is 9.43. The van der Waals surface area contributed by atoms with Crippen LogP contribution in [-0.4, -0.2) is 32.9 Å². The van der Waals surface area contributed by atoms with E-state index in [1.807, 2.05) is 7.05 Å². The van der Waals surface area contributed by atoms with Gasteiger partial charge in [-0.2, -0.15) is 4.31 Å². The molecular formula is C12H19BrN2O2S2. The first kappa shape index (κ1) is 15.4. The number of nitrogens with one attached hydrogen (secondary N) is 1. The minimum atomic E-state index is -3.35. The number of rotatable bonds is 4. The Labute approximate surface area is 127 Å². The molecule has 1 atom stereocenters. The van der Waals surface area contributed by atoms with E-state index in [1.165, 1.54) is 11.3 Å². The minimum absolute atomic E-state index is 0.414. The van der Waals surface area contributed by atoms with Gasteiger partial charge in [0.1, 0.15) is 4.90 Å². The maximum absolute atomic E-state index is 12.7. The summed E-state index contributed by atoms with van der Waals surface area (Å²) in [5.41, 5.74) is 0. The molecular weight excluding hydrogens is 348 g/mol. The molecule has 4 nitrogen and oxygen atoms in total. The van der Waals surface area contributed by atoms with Crippen LogP contribution < -0.4 is 5.32 Å². The van der Waals surface area contributed by atoms with E-state index in [9.17, 15) is 8.42 Å². The largest absolute Gasteiger partial charge is 0.315 e. The SMILES string of the molecule is CNCc1cc(S(=O)(=O)N2CCCC(C)C2)c(Br)s1. The molecule has 0 radical (unpaired) electrons. The molecule has 1 aromatic heterocycles. The van der Waals surface area contributed by atoms with E-state index in [0.29, 0.717) is 34.2 Å². The maximum Gasteiger partial charge on any atom is 0.245 e. The van der Waals surface area contributed by atoms with Crippen molar-refractivity contribution >= 4 is 37.3 Å². The zero-order valence-electron chi connectivity index (χ0n) is 11.1. The number of hydrogen-bond donors (Lipinski definition) is 1. The number of halogens is 1. The third kappa shape index (κ3) is 3.39. The molecule has 0 aliphatic carbocycles. The van der Waals surface area contributed by atoms with Crippen LogP contribution in [0.15, 0.2) is 14.7 Å². The van der Waals surface area contributed by atoms with Gasteiger partial charge in [0.25, 0.3) is 0 Å². The number of hydrogen-bond acceptors (Lipinski definition) is 4. The molecule has 2 heterocycles. The Morgan fingerprint density at radius 1 is 1.58 bits per heavy atom. The van der Waals surface area contributed by atoms with Gasteiger partial charge in [0.2, 0.25) is 10.0 Å². The van der Waals surface area contributed by atoms with Crippen LogP contribution in [0.4, 0.5) is 0 Å². The van der Waals surface area contributed by atoms with E-state index in [4.69, 9.17) is 0 Å². The summed E-state index contributed by atoms with van der Waals surface area (Å²) in [6.07, 6.45) is 2.06. The second-order valence-electron chi connectivity index (χ2n) is 4.99. The smallest absolute Gasteiger partial charge is 0.245 e. The molecule has 1 aromatic rings. The predicted octanol–water partition coefficient (Wildman–Crippen LogP) is 2.65. The lowest BCUT2D eigenvalue weighted by molar-refractivity contribution is 0.281. The van der Waals surface area contributed by atoms with Gasteiger partial charge in [0.15, 0.2) is 0 Å². The van der Waals surface area contributed by atoms with Gasteiger partial charge >= 0.3 is 0 Å². The second-order valence-corrected chi connectivity index (χ2v) is 9.35. The third-order valence-corrected chi connectivity index (χ3v) is 7.41. The minimum Gasteiger partial charge on any atom is -0.315 e. The van der Waals surface area contributed by atoms with Crippen LogP contribution in [-0.2, 0) is 16.6 Å². The van der Waals surface area contributed by atoms with Crippen LogP contribution in [0, 0.1) is 5.92 Å². The summed E-state index contributed by atoms with van der Waals surface area (Å²) in [5, 5.41) is 3.04. The van der Waals surface area contributed by atoms with Crippen LogP contribution in [0.5, 0.6) is 0 Å². The third-order valence-electron chi connectivity index (χ3n) is 3.30. The summed E-state index contributed by atoms with van der Waals surface area (Å²) in [5.74, 6) is 0.442. The van der Waals surface area contributed by atoms with Gasteiger partial charge in [-0.25, -0.2) is 8.42 Å². The Morgan fingerprint density at radius 2 is 2.32 bits per heavy atom. The molecule has 1 fully saturated rings. The molecule has 0 saturated carbocycles. The molecule has 0 spiro atoms. The highest BCUT2D eigenvalue weighted by molar-refractivity contribution is 9.11. The van der Waals surface area contributed by atoms with Crippen molar-refractivity contribution < 1.29 is 8.42 Å².